The Labute approximate surface area is 125 Å². The summed E-state index contributed by atoms with van der Waals surface area (Å²) in [6.45, 7) is 3.88. The fraction of sp³-hybridized carbons (Fsp3) is 0.286. The summed E-state index contributed by atoms with van der Waals surface area (Å²) in [5.74, 6) is -0.196. The van der Waals surface area contributed by atoms with E-state index in [1.54, 1.807) is 13.8 Å². The van der Waals surface area contributed by atoms with Gasteiger partial charge >= 0.3 is 0 Å². The van der Waals surface area contributed by atoms with E-state index in [9.17, 15) is 20.0 Å². The van der Waals surface area contributed by atoms with Gasteiger partial charge in [0.1, 0.15) is 11.5 Å². The van der Waals surface area contributed by atoms with Crippen LogP contribution in [0, 0.1) is 24.0 Å². The van der Waals surface area contributed by atoms with Gasteiger partial charge in [0, 0.05) is 24.2 Å². The highest BCUT2D eigenvalue weighted by Gasteiger charge is 2.16. The second kappa shape index (κ2) is 6.25. The highest BCUT2D eigenvalue weighted by Crippen LogP contribution is 2.22. The summed E-state index contributed by atoms with van der Waals surface area (Å²) in [7, 11) is 0. The number of hydrogen-bond acceptors (Lipinski definition) is 6. The summed E-state index contributed by atoms with van der Waals surface area (Å²) in [6.07, 6.45) is 0.516. The van der Waals surface area contributed by atoms with E-state index in [2.05, 4.69) is 10.5 Å². The standard InChI is InChI=1S/C14H15N3O5/c1-8-11(9(2)22-16-8)5-6-15-14(19)12-7-10(17(20)21)3-4-13(12)18/h3-4,7,18H,5-6H2,1-2H3,(H,15,19). The number of amides is 1. The van der Waals surface area contributed by atoms with E-state index in [0.717, 1.165) is 29.5 Å². The van der Waals surface area contributed by atoms with Crippen LogP contribution in [-0.2, 0) is 6.42 Å². The van der Waals surface area contributed by atoms with E-state index in [1.807, 2.05) is 0 Å². The molecule has 0 saturated carbocycles. The Bertz CT molecular complexity index is 704. The van der Waals surface area contributed by atoms with Crippen molar-refractivity contribution >= 4 is 11.6 Å². The molecule has 0 aliphatic rings. The number of phenolic OH excluding ortho intramolecular Hbond substituents is 1. The quantitative estimate of drug-likeness (QED) is 0.643. The molecular formula is C14H15N3O5. The Kier molecular flexibility index (Phi) is 4.40. The molecule has 2 rings (SSSR count). The lowest BCUT2D eigenvalue weighted by Gasteiger charge is -2.06. The SMILES string of the molecule is Cc1noc(C)c1CCNC(=O)c1cc([N+](=O)[O-])ccc1O. The van der Waals surface area contributed by atoms with Gasteiger partial charge in [-0.3, -0.25) is 14.9 Å². The lowest BCUT2D eigenvalue weighted by molar-refractivity contribution is -0.384. The Morgan fingerprint density at radius 3 is 2.77 bits per heavy atom. The molecule has 0 atom stereocenters. The number of hydrogen-bond donors (Lipinski definition) is 2. The number of non-ortho nitro benzene ring substituents is 1. The zero-order valence-electron chi connectivity index (χ0n) is 12.1. The van der Waals surface area contributed by atoms with Gasteiger partial charge in [-0.2, -0.15) is 0 Å². The smallest absolute Gasteiger partial charge is 0.270 e. The molecule has 0 aliphatic carbocycles. The second-order valence-electron chi connectivity index (χ2n) is 4.77. The van der Waals surface area contributed by atoms with Gasteiger partial charge in [-0.05, 0) is 26.3 Å². The molecule has 2 N–H and O–H groups in total. The van der Waals surface area contributed by atoms with E-state index in [4.69, 9.17) is 4.52 Å². The number of carbonyl (C=O) groups is 1. The molecule has 2 aromatic rings. The number of rotatable bonds is 5. The minimum atomic E-state index is -0.625. The number of carbonyl (C=O) groups excluding carboxylic acids is 1. The van der Waals surface area contributed by atoms with Gasteiger partial charge in [0.05, 0.1) is 16.2 Å². The molecule has 116 valence electrons. The van der Waals surface area contributed by atoms with Crippen molar-refractivity contribution in [2.45, 2.75) is 20.3 Å². The molecule has 0 unspecified atom stereocenters. The first-order chi connectivity index (χ1) is 10.4. The summed E-state index contributed by atoms with van der Waals surface area (Å²) in [5, 5.41) is 26.8. The summed E-state index contributed by atoms with van der Waals surface area (Å²) in [5.41, 5.74) is 1.27. The van der Waals surface area contributed by atoms with Crippen LogP contribution in [0.4, 0.5) is 5.69 Å². The van der Waals surface area contributed by atoms with E-state index in [-0.39, 0.29) is 17.0 Å². The van der Waals surface area contributed by atoms with Crippen LogP contribution in [0.5, 0.6) is 5.75 Å². The van der Waals surface area contributed by atoms with Crippen molar-refractivity contribution < 1.29 is 19.3 Å². The van der Waals surface area contributed by atoms with Crippen LogP contribution in [0.1, 0.15) is 27.4 Å². The molecule has 22 heavy (non-hydrogen) atoms. The van der Waals surface area contributed by atoms with Crippen molar-refractivity contribution in [3.05, 3.63) is 50.9 Å². The summed E-state index contributed by atoms with van der Waals surface area (Å²) in [6, 6.07) is 3.30. The van der Waals surface area contributed by atoms with Gasteiger partial charge in [-0.15, -0.1) is 0 Å². The van der Waals surface area contributed by atoms with Crippen LogP contribution in [0.15, 0.2) is 22.7 Å². The molecule has 1 amide bonds. The van der Waals surface area contributed by atoms with Crippen molar-refractivity contribution in [3.8, 4) is 5.75 Å². The van der Waals surface area contributed by atoms with Crippen molar-refractivity contribution in [2.75, 3.05) is 6.54 Å². The van der Waals surface area contributed by atoms with Crippen LogP contribution in [-0.4, -0.2) is 27.6 Å². The van der Waals surface area contributed by atoms with Gasteiger partial charge < -0.3 is 14.9 Å². The predicted octanol–water partition coefficient (Wildman–Crippen LogP) is 1.88. The van der Waals surface area contributed by atoms with Crippen LogP contribution >= 0.6 is 0 Å². The van der Waals surface area contributed by atoms with Crippen molar-refractivity contribution in [1.82, 2.24) is 10.5 Å². The number of aromatic nitrogens is 1. The highest BCUT2D eigenvalue weighted by atomic mass is 16.6. The van der Waals surface area contributed by atoms with Crippen LogP contribution < -0.4 is 5.32 Å². The average Bonchev–Trinajstić information content (AvgIpc) is 2.79. The third-order valence-electron chi connectivity index (χ3n) is 3.28. The van der Waals surface area contributed by atoms with E-state index >= 15 is 0 Å². The topological polar surface area (TPSA) is 119 Å². The second-order valence-corrected chi connectivity index (χ2v) is 4.77. The third-order valence-corrected chi connectivity index (χ3v) is 3.28. The van der Waals surface area contributed by atoms with Gasteiger partial charge in [0.2, 0.25) is 0 Å². The minimum Gasteiger partial charge on any atom is -0.507 e. The molecule has 0 spiro atoms. The molecule has 0 radical (unpaired) electrons. The van der Waals surface area contributed by atoms with E-state index in [1.165, 1.54) is 0 Å². The number of nitrogens with zero attached hydrogens (tertiary/aromatic N) is 2. The van der Waals surface area contributed by atoms with Gasteiger partial charge in [-0.25, -0.2) is 0 Å². The maximum Gasteiger partial charge on any atom is 0.270 e. The first-order valence-electron chi connectivity index (χ1n) is 6.57. The van der Waals surface area contributed by atoms with Gasteiger partial charge in [0.15, 0.2) is 0 Å². The summed E-state index contributed by atoms with van der Waals surface area (Å²) < 4.78 is 5.02. The van der Waals surface area contributed by atoms with Crippen LogP contribution in [0.3, 0.4) is 0 Å². The Morgan fingerprint density at radius 2 is 2.18 bits per heavy atom. The maximum absolute atomic E-state index is 12.0. The normalized spacial score (nSPS) is 10.5. The Hall–Kier alpha value is -2.90. The minimum absolute atomic E-state index is 0.132. The van der Waals surface area contributed by atoms with Gasteiger partial charge in [0.25, 0.3) is 11.6 Å². The molecule has 8 nitrogen and oxygen atoms in total. The molecule has 0 bridgehead atoms. The Balaban J connectivity index is 2.04. The van der Waals surface area contributed by atoms with Crippen molar-refractivity contribution in [3.63, 3.8) is 0 Å². The monoisotopic (exact) mass is 305 g/mol. The Morgan fingerprint density at radius 1 is 1.45 bits per heavy atom. The first kappa shape index (κ1) is 15.5. The molecule has 1 heterocycles. The molecule has 1 aromatic carbocycles. The number of aryl methyl sites for hydroxylation is 2. The van der Waals surface area contributed by atoms with E-state index in [0.29, 0.717) is 18.7 Å². The lowest BCUT2D eigenvalue weighted by atomic mass is 10.1. The molecule has 8 heteroatoms. The number of aromatic hydroxyl groups is 1. The fourth-order valence-corrected chi connectivity index (χ4v) is 2.07. The molecule has 0 fully saturated rings. The molecule has 1 aromatic heterocycles. The number of nitrogens with one attached hydrogen (secondary N) is 1. The first-order valence-corrected chi connectivity index (χ1v) is 6.57. The zero-order chi connectivity index (χ0) is 16.3. The number of nitro groups is 1. The fourth-order valence-electron chi connectivity index (χ4n) is 2.07. The lowest BCUT2D eigenvalue weighted by Crippen LogP contribution is -2.26. The van der Waals surface area contributed by atoms with E-state index < -0.39 is 10.8 Å². The third kappa shape index (κ3) is 3.22. The number of benzene rings is 1. The predicted molar refractivity (Wildman–Crippen MR) is 76.8 cm³/mol. The van der Waals surface area contributed by atoms with Gasteiger partial charge in [-0.1, -0.05) is 5.16 Å². The summed E-state index contributed by atoms with van der Waals surface area (Å²) >= 11 is 0. The van der Waals surface area contributed by atoms with Crippen LogP contribution in [0.25, 0.3) is 0 Å². The van der Waals surface area contributed by atoms with Crippen molar-refractivity contribution in [2.24, 2.45) is 0 Å². The maximum atomic E-state index is 12.0. The molecule has 0 aliphatic heterocycles. The average molecular weight is 305 g/mol. The molecular weight excluding hydrogens is 290 g/mol. The summed E-state index contributed by atoms with van der Waals surface area (Å²) in [4.78, 5) is 22.1. The van der Waals surface area contributed by atoms with Crippen LogP contribution in [0.2, 0.25) is 0 Å². The molecule has 0 saturated heterocycles. The number of phenols is 1. The highest BCUT2D eigenvalue weighted by molar-refractivity contribution is 5.97. The largest absolute Gasteiger partial charge is 0.507 e. The van der Waals surface area contributed by atoms with Crippen molar-refractivity contribution in [1.29, 1.82) is 0 Å². The zero-order valence-corrected chi connectivity index (χ0v) is 12.1. The number of nitro benzene ring substituents is 1.